The van der Waals surface area contributed by atoms with Crippen molar-refractivity contribution in [3.63, 3.8) is 0 Å². The van der Waals surface area contributed by atoms with Gasteiger partial charge in [-0.05, 0) is 75.4 Å². The highest BCUT2D eigenvalue weighted by Crippen LogP contribution is 2.41. The van der Waals surface area contributed by atoms with Gasteiger partial charge in [-0.1, -0.05) is 6.92 Å². The van der Waals surface area contributed by atoms with E-state index in [1.54, 1.807) is 24.5 Å². The number of rotatable bonds is 4. The topological polar surface area (TPSA) is 105 Å². The number of carbonyl (C=O) groups is 1. The quantitative estimate of drug-likeness (QED) is 0.398. The zero-order valence-corrected chi connectivity index (χ0v) is 21.9. The minimum Gasteiger partial charge on any atom is -0.458 e. The van der Waals surface area contributed by atoms with E-state index < -0.39 is 11.6 Å². The Morgan fingerprint density at radius 2 is 1.95 bits per heavy atom. The lowest BCUT2D eigenvalue weighted by Crippen LogP contribution is -2.44. The number of aliphatic hydroxyl groups is 2. The van der Waals surface area contributed by atoms with Crippen molar-refractivity contribution < 1.29 is 24.1 Å². The standard InChI is InChI=1S/C29H32FN3O5/c1-4-29(37)22-10-25-26-20(13-33(25)27(35)21(22)14-38-28(29)36)19(12-32-7-5-17(6-8-32)16(3)34)18-9-15(2)23(30)11-24(18)31-26/h9-11,16-17,34,37H,4-8,12-14H2,1-3H3/t16-,29+/m1/s1. The molecular weight excluding hydrogens is 489 g/mol. The number of ether oxygens (including phenoxy) is 1. The van der Waals surface area contributed by atoms with Gasteiger partial charge in [0, 0.05) is 29.1 Å². The number of aromatic nitrogens is 2. The third kappa shape index (κ3) is 3.71. The summed E-state index contributed by atoms with van der Waals surface area (Å²) in [6.07, 6.45) is 1.52. The number of hydrogen-bond donors (Lipinski definition) is 2. The van der Waals surface area contributed by atoms with E-state index in [-0.39, 0.29) is 47.6 Å². The van der Waals surface area contributed by atoms with Gasteiger partial charge < -0.3 is 19.5 Å². The summed E-state index contributed by atoms with van der Waals surface area (Å²) in [5.74, 6) is -0.836. The molecule has 6 rings (SSSR count). The summed E-state index contributed by atoms with van der Waals surface area (Å²) in [6, 6.07) is 4.95. The average Bonchev–Trinajstić information content (AvgIpc) is 3.26. The maximum absolute atomic E-state index is 14.7. The third-order valence-electron chi connectivity index (χ3n) is 8.78. The van der Waals surface area contributed by atoms with Crippen molar-refractivity contribution >= 4 is 16.9 Å². The highest BCUT2D eigenvalue weighted by molar-refractivity contribution is 5.89. The molecule has 0 radical (unpaired) electrons. The Labute approximate surface area is 219 Å². The zero-order chi connectivity index (χ0) is 26.9. The molecule has 3 aliphatic heterocycles. The normalized spacial score (nSPS) is 22.2. The SMILES string of the molecule is CC[C@@]1(O)C(=O)OCc2c1cc1n(c2=O)Cc2c-1nc1cc(F)c(C)cc1c2CN1CCC([C@@H](C)O)CC1. The molecule has 0 spiro atoms. The van der Waals surface area contributed by atoms with Crippen molar-refractivity contribution in [3.05, 3.63) is 62.2 Å². The first kappa shape index (κ1) is 25.2. The number of carbonyl (C=O) groups excluding carboxylic acids is 1. The largest absolute Gasteiger partial charge is 0.458 e. The fourth-order valence-electron chi connectivity index (χ4n) is 6.29. The van der Waals surface area contributed by atoms with Gasteiger partial charge in [0.05, 0.1) is 35.1 Å². The number of esters is 1. The van der Waals surface area contributed by atoms with Crippen LogP contribution in [0.15, 0.2) is 23.0 Å². The summed E-state index contributed by atoms with van der Waals surface area (Å²) < 4.78 is 21.5. The maximum Gasteiger partial charge on any atom is 0.343 e. The average molecular weight is 522 g/mol. The van der Waals surface area contributed by atoms with Gasteiger partial charge in [-0.2, -0.15) is 0 Å². The van der Waals surface area contributed by atoms with Crippen LogP contribution in [0.2, 0.25) is 0 Å². The molecule has 0 amide bonds. The fourth-order valence-corrected chi connectivity index (χ4v) is 6.29. The van der Waals surface area contributed by atoms with Crippen molar-refractivity contribution in [1.29, 1.82) is 0 Å². The smallest absolute Gasteiger partial charge is 0.343 e. The molecule has 2 atom stereocenters. The number of nitrogens with zero attached hydrogens (tertiary/aromatic N) is 3. The molecule has 1 saturated heterocycles. The second-order valence-electron chi connectivity index (χ2n) is 11.0. The molecule has 5 heterocycles. The van der Waals surface area contributed by atoms with Crippen molar-refractivity contribution in [2.75, 3.05) is 13.1 Å². The Morgan fingerprint density at radius 1 is 1.21 bits per heavy atom. The van der Waals surface area contributed by atoms with E-state index in [9.17, 15) is 24.2 Å². The Bertz CT molecular complexity index is 1540. The second kappa shape index (κ2) is 8.97. The summed E-state index contributed by atoms with van der Waals surface area (Å²) in [5, 5.41) is 22.0. The predicted octanol–water partition coefficient (Wildman–Crippen LogP) is 3.12. The number of piperidine rings is 1. The summed E-state index contributed by atoms with van der Waals surface area (Å²) in [6.45, 7) is 7.64. The molecule has 1 fully saturated rings. The second-order valence-corrected chi connectivity index (χ2v) is 11.0. The Kier molecular flexibility index (Phi) is 5.93. The molecule has 1 aromatic carbocycles. The molecular formula is C29H32FN3O5. The van der Waals surface area contributed by atoms with Crippen LogP contribution in [0.4, 0.5) is 4.39 Å². The van der Waals surface area contributed by atoms with E-state index in [0.29, 0.717) is 35.6 Å². The Hall–Kier alpha value is -3.14. The number of fused-ring (bicyclic) bond motifs is 5. The van der Waals surface area contributed by atoms with E-state index in [0.717, 1.165) is 42.4 Å². The molecule has 38 heavy (non-hydrogen) atoms. The van der Waals surface area contributed by atoms with Gasteiger partial charge in [0.1, 0.15) is 12.4 Å². The van der Waals surface area contributed by atoms with Crippen LogP contribution in [-0.4, -0.2) is 49.8 Å². The molecule has 200 valence electrons. The first-order valence-electron chi connectivity index (χ1n) is 13.3. The van der Waals surface area contributed by atoms with Crippen molar-refractivity contribution in [3.8, 4) is 11.4 Å². The van der Waals surface area contributed by atoms with Gasteiger partial charge in [0.15, 0.2) is 5.60 Å². The minimum atomic E-state index is -1.90. The van der Waals surface area contributed by atoms with E-state index in [2.05, 4.69) is 4.90 Å². The predicted molar refractivity (Wildman–Crippen MR) is 139 cm³/mol. The number of hydrogen-bond acceptors (Lipinski definition) is 7. The van der Waals surface area contributed by atoms with Crippen LogP contribution >= 0.6 is 0 Å². The minimum absolute atomic E-state index is 0.0673. The number of benzene rings is 1. The number of aryl methyl sites for hydroxylation is 1. The summed E-state index contributed by atoms with van der Waals surface area (Å²) in [7, 11) is 0. The number of halogens is 1. The molecule has 0 saturated carbocycles. The zero-order valence-electron chi connectivity index (χ0n) is 21.9. The van der Waals surface area contributed by atoms with Crippen LogP contribution in [0.25, 0.3) is 22.3 Å². The third-order valence-corrected chi connectivity index (χ3v) is 8.78. The summed E-state index contributed by atoms with van der Waals surface area (Å²) in [4.78, 5) is 33.3. The van der Waals surface area contributed by atoms with E-state index >= 15 is 0 Å². The highest BCUT2D eigenvalue weighted by Gasteiger charge is 2.45. The van der Waals surface area contributed by atoms with Crippen LogP contribution in [-0.2, 0) is 34.8 Å². The molecule has 0 bridgehead atoms. The molecule has 3 aliphatic rings. The lowest BCUT2D eigenvalue weighted by molar-refractivity contribution is -0.172. The van der Waals surface area contributed by atoms with Crippen LogP contribution < -0.4 is 5.56 Å². The first-order chi connectivity index (χ1) is 18.1. The number of aliphatic hydroxyl groups excluding tert-OH is 1. The van der Waals surface area contributed by atoms with Gasteiger partial charge >= 0.3 is 5.97 Å². The molecule has 2 N–H and O–H groups in total. The summed E-state index contributed by atoms with van der Waals surface area (Å²) >= 11 is 0. The van der Waals surface area contributed by atoms with E-state index in [1.165, 1.54) is 6.07 Å². The van der Waals surface area contributed by atoms with Gasteiger partial charge in [-0.15, -0.1) is 0 Å². The lowest BCUT2D eigenvalue weighted by atomic mass is 9.86. The van der Waals surface area contributed by atoms with Crippen molar-refractivity contribution in [2.24, 2.45) is 5.92 Å². The molecule has 2 aromatic heterocycles. The molecule has 0 unspecified atom stereocenters. The van der Waals surface area contributed by atoms with Crippen LogP contribution in [0, 0.1) is 18.7 Å². The van der Waals surface area contributed by atoms with Gasteiger partial charge in [0.2, 0.25) is 0 Å². The molecule has 8 nitrogen and oxygen atoms in total. The van der Waals surface area contributed by atoms with Crippen molar-refractivity contribution in [1.82, 2.24) is 14.5 Å². The molecule has 0 aliphatic carbocycles. The lowest BCUT2D eigenvalue weighted by Gasteiger charge is -2.33. The summed E-state index contributed by atoms with van der Waals surface area (Å²) in [5.41, 5.74) is 2.35. The maximum atomic E-state index is 14.7. The van der Waals surface area contributed by atoms with E-state index in [4.69, 9.17) is 9.72 Å². The van der Waals surface area contributed by atoms with Crippen LogP contribution in [0.5, 0.6) is 0 Å². The van der Waals surface area contributed by atoms with E-state index in [1.807, 2.05) is 13.0 Å². The van der Waals surface area contributed by atoms with Gasteiger partial charge in [-0.25, -0.2) is 14.2 Å². The first-order valence-corrected chi connectivity index (χ1v) is 13.3. The number of cyclic esters (lactones) is 1. The number of pyridine rings is 2. The van der Waals surface area contributed by atoms with Crippen LogP contribution in [0.1, 0.15) is 60.9 Å². The van der Waals surface area contributed by atoms with Gasteiger partial charge in [0.25, 0.3) is 5.56 Å². The highest BCUT2D eigenvalue weighted by atomic mass is 19.1. The van der Waals surface area contributed by atoms with Crippen molar-refractivity contribution in [2.45, 2.75) is 71.4 Å². The Morgan fingerprint density at radius 3 is 2.63 bits per heavy atom. The Balaban J connectivity index is 1.51. The fraction of sp³-hybridized carbons (Fsp3) is 0.483. The van der Waals surface area contributed by atoms with Crippen LogP contribution in [0.3, 0.4) is 0 Å². The molecule has 3 aromatic rings. The number of likely N-dealkylation sites (tertiary alicyclic amines) is 1. The monoisotopic (exact) mass is 521 g/mol. The molecule has 9 heteroatoms. The van der Waals surface area contributed by atoms with Gasteiger partial charge in [-0.3, -0.25) is 9.69 Å².